The Bertz CT molecular complexity index is 767. The van der Waals surface area contributed by atoms with Gasteiger partial charge in [0, 0.05) is 24.6 Å². The number of hydrogen-bond acceptors (Lipinski definition) is 6. The van der Waals surface area contributed by atoms with Crippen molar-refractivity contribution >= 4 is 11.6 Å². The molecule has 1 fully saturated rings. The van der Waals surface area contributed by atoms with Gasteiger partial charge in [-0.15, -0.1) is 0 Å². The topological polar surface area (TPSA) is 70.5 Å². The van der Waals surface area contributed by atoms with E-state index in [0.29, 0.717) is 6.61 Å². The summed E-state index contributed by atoms with van der Waals surface area (Å²) >= 11 is 0. The second kappa shape index (κ2) is 7.50. The Morgan fingerprint density at radius 1 is 1.27 bits per heavy atom. The van der Waals surface area contributed by atoms with Gasteiger partial charge in [0.05, 0.1) is 25.3 Å². The van der Waals surface area contributed by atoms with E-state index in [1.807, 2.05) is 6.07 Å². The Kier molecular flexibility index (Phi) is 4.93. The third kappa shape index (κ3) is 3.33. The van der Waals surface area contributed by atoms with Gasteiger partial charge < -0.3 is 20.1 Å². The summed E-state index contributed by atoms with van der Waals surface area (Å²) in [6.07, 6.45) is 5.82. The molecule has 26 heavy (non-hydrogen) atoms. The van der Waals surface area contributed by atoms with Gasteiger partial charge in [0.1, 0.15) is 23.7 Å². The first-order chi connectivity index (χ1) is 12.8. The molecule has 0 radical (unpaired) electrons. The predicted octanol–water partition coefficient (Wildman–Crippen LogP) is 3.07. The quantitative estimate of drug-likeness (QED) is 0.879. The smallest absolute Gasteiger partial charge is 0.134 e. The van der Waals surface area contributed by atoms with Gasteiger partial charge in [-0.3, -0.25) is 0 Å². The fourth-order valence-electron chi connectivity index (χ4n) is 3.98. The molecule has 2 atom stereocenters. The second-order valence-corrected chi connectivity index (χ2v) is 7.11. The van der Waals surface area contributed by atoms with Crippen LogP contribution in [0.1, 0.15) is 42.9 Å². The summed E-state index contributed by atoms with van der Waals surface area (Å²) in [5.41, 5.74) is 2.35. The number of anilines is 2. The number of aromatic nitrogens is 2. The SMILES string of the molecule is Cc1cccc2c1OCC[C@H]2Nc1cc(N2CCCCC2CO)ncn1. The summed E-state index contributed by atoms with van der Waals surface area (Å²) in [6.45, 7) is 3.88. The van der Waals surface area contributed by atoms with Gasteiger partial charge in [-0.25, -0.2) is 9.97 Å². The number of hydrogen-bond donors (Lipinski definition) is 2. The van der Waals surface area contributed by atoms with Gasteiger partial charge in [0.25, 0.3) is 0 Å². The van der Waals surface area contributed by atoms with Crippen molar-refractivity contribution in [1.82, 2.24) is 9.97 Å². The van der Waals surface area contributed by atoms with Crippen molar-refractivity contribution in [3.63, 3.8) is 0 Å². The summed E-state index contributed by atoms with van der Waals surface area (Å²) in [5, 5.41) is 13.2. The highest BCUT2D eigenvalue weighted by Crippen LogP contribution is 2.36. The fourth-order valence-corrected chi connectivity index (χ4v) is 3.98. The van der Waals surface area contributed by atoms with Gasteiger partial charge >= 0.3 is 0 Å². The summed E-state index contributed by atoms with van der Waals surface area (Å²) < 4.78 is 5.86. The van der Waals surface area contributed by atoms with Crippen LogP contribution in [-0.4, -0.2) is 40.9 Å². The number of piperidine rings is 1. The molecule has 0 saturated carbocycles. The third-order valence-electron chi connectivity index (χ3n) is 5.38. The zero-order valence-electron chi connectivity index (χ0n) is 15.2. The fraction of sp³-hybridized carbons (Fsp3) is 0.500. The van der Waals surface area contributed by atoms with E-state index in [2.05, 4.69) is 45.3 Å². The summed E-state index contributed by atoms with van der Waals surface area (Å²) in [5.74, 6) is 2.69. The Morgan fingerprint density at radius 3 is 3.08 bits per heavy atom. The molecular weight excluding hydrogens is 328 g/mol. The first-order valence-electron chi connectivity index (χ1n) is 9.44. The van der Waals surface area contributed by atoms with Crippen LogP contribution < -0.4 is 15.0 Å². The molecule has 6 nitrogen and oxygen atoms in total. The number of rotatable bonds is 4. The first kappa shape index (κ1) is 17.1. The van der Waals surface area contributed by atoms with E-state index >= 15 is 0 Å². The number of fused-ring (bicyclic) bond motifs is 1. The van der Waals surface area contributed by atoms with Crippen molar-refractivity contribution in [1.29, 1.82) is 0 Å². The van der Waals surface area contributed by atoms with Crippen LogP contribution in [0.15, 0.2) is 30.6 Å². The van der Waals surface area contributed by atoms with E-state index in [0.717, 1.165) is 55.2 Å². The van der Waals surface area contributed by atoms with Crippen LogP contribution in [0.5, 0.6) is 5.75 Å². The van der Waals surface area contributed by atoms with Crippen LogP contribution in [0.25, 0.3) is 0 Å². The lowest BCUT2D eigenvalue weighted by atomic mass is 9.98. The van der Waals surface area contributed by atoms with Crippen LogP contribution in [0.3, 0.4) is 0 Å². The molecule has 0 aliphatic carbocycles. The van der Waals surface area contributed by atoms with Gasteiger partial charge in [-0.1, -0.05) is 18.2 Å². The number of aliphatic hydroxyl groups is 1. The molecule has 2 aromatic rings. The zero-order chi connectivity index (χ0) is 17.9. The maximum Gasteiger partial charge on any atom is 0.134 e. The Morgan fingerprint density at radius 2 is 2.19 bits per heavy atom. The highest BCUT2D eigenvalue weighted by molar-refractivity contribution is 5.53. The van der Waals surface area contributed by atoms with E-state index in [4.69, 9.17) is 4.74 Å². The molecule has 138 valence electrons. The Balaban J connectivity index is 1.56. The van der Waals surface area contributed by atoms with Gasteiger partial charge in [0.2, 0.25) is 0 Å². The van der Waals surface area contributed by atoms with Crippen molar-refractivity contribution in [3.05, 3.63) is 41.7 Å². The predicted molar refractivity (Wildman–Crippen MR) is 102 cm³/mol. The molecular formula is C20H26N4O2. The van der Waals surface area contributed by atoms with Crippen molar-refractivity contribution in [2.75, 3.05) is 30.0 Å². The van der Waals surface area contributed by atoms with E-state index in [1.165, 1.54) is 5.56 Å². The average molecular weight is 354 g/mol. The maximum absolute atomic E-state index is 9.67. The molecule has 0 spiro atoms. The lowest BCUT2D eigenvalue weighted by Crippen LogP contribution is -2.42. The molecule has 1 aromatic heterocycles. The van der Waals surface area contributed by atoms with Crippen molar-refractivity contribution in [2.45, 2.75) is 44.7 Å². The third-order valence-corrected chi connectivity index (χ3v) is 5.38. The standard InChI is InChI=1S/C20H26N4O2/c1-14-5-4-7-16-17(8-10-26-20(14)16)23-18-11-19(22-13-21-18)24-9-3-2-6-15(24)12-25/h4-5,7,11,13,15,17,25H,2-3,6,8-10,12H2,1H3,(H,21,22,23)/t15?,17-/m1/s1. The number of aryl methyl sites for hydroxylation is 1. The summed E-state index contributed by atoms with van der Waals surface area (Å²) in [4.78, 5) is 11.1. The van der Waals surface area contributed by atoms with Crippen LogP contribution in [0.4, 0.5) is 11.6 Å². The molecule has 3 heterocycles. The number of ether oxygens (including phenoxy) is 1. The van der Waals surface area contributed by atoms with Crippen molar-refractivity contribution in [3.8, 4) is 5.75 Å². The Labute approximate surface area is 154 Å². The molecule has 1 aromatic carbocycles. The van der Waals surface area contributed by atoms with E-state index < -0.39 is 0 Å². The molecule has 2 aliphatic heterocycles. The molecule has 0 amide bonds. The molecule has 0 bridgehead atoms. The average Bonchev–Trinajstić information content (AvgIpc) is 2.69. The van der Waals surface area contributed by atoms with Crippen molar-refractivity contribution < 1.29 is 9.84 Å². The number of nitrogens with one attached hydrogen (secondary N) is 1. The number of benzene rings is 1. The van der Waals surface area contributed by atoms with Gasteiger partial charge in [-0.05, 0) is 31.7 Å². The molecule has 1 saturated heterocycles. The second-order valence-electron chi connectivity index (χ2n) is 7.11. The molecule has 2 N–H and O–H groups in total. The van der Waals surface area contributed by atoms with Crippen LogP contribution in [-0.2, 0) is 0 Å². The van der Waals surface area contributed by atoms with E-state index in [9.17, 15) is 5.11 Å². The number of nitrogens with zero attached hydrogens (tertiary/aromatic N) is 3. The summed E-state index contributed by atoms with van der Waals surface area (Å²) in [6, 6.07) is 8.60. The lowest BCUT2D eigenvalue weighted by Gasteiger charge is -2.35. The molecule has 1 unspecified atom stereocenters. The maximum atomic E-state index is 9.67. The van der Waals surface area contributed by atoms with E-state index in [-0.39, 0.29) is 18.7 Å². The largest absolute Gasteiger partial charge is 0.493 e. The molecule has 4 rings (SSSR count). The van der Waals surface area contributed by atoms with Crippen molar-refractivity contribution in [2.24, 2.45) is 0 Å². The molecule has 2 aliphatic rings. The van der Waals surface area contributed by atoms with Gasteiger partial charge in [0.15, 0.2) is 0 Å². The first-order valence-corrected chi connectivity index (χ1v) is 9.44. The number of aliphatic hydroxyl groups excluding tert-OH is 1. The van der Waals surface area contributed by atoms with Gasteiger partial charge in [-0.2, -0.15) is 0 Å². The Hall–Kier alpha value is -2.34. The lowest BCUT2D eigenvalue weighted by molar-refractivity contribution is 0.239. The molecule has 6 heteroatoms. The monoisotopic (exact) mass is 354 g/mol. The highest BCUT2D eigenvalue weighted by Gasteiger charge is 2.25. The summed E-state index contributed by atoms with van der Waals surface area (Å²) in [7, 11) is 0. The number of para-hydroxylation sites is 1. The van der Waals surface area contributed by atoms with Crippen LogP contribution in [0, 0.1) is 6.92 Å². The minimum Gasteiger partial charge on any atom is -0.493 e. The minimum atomic E-state index is 0.151. The highest BCUT2D eigenvalue weighted by atomic mass is 16.5. The zero-order valence-corrected chi connectivity index (χ0v) is 15.2. The minimum absolute atomic E-state index is 0.151. The van der Waals surface area contributed by atoms with Crippen LogP contribution >= 0.6 is 0 Å². The van der Waals surface area contributed by atoms with E-state index in [1.54, 1.807) is 6.33 Å². The van der Waals surface area contributed by atoms with Crippen LogP contribution in [0.2, 0.25) is 0 Å². The normalized spacial score (nSPS) is 22.5.